The molecular weight excluding hydrogens is 197 g/mol. The van der Waals surface area contributed by atoms with E-state index in [1.807, 2.05) is 0 Å². The van der Waals surface area contributed by atoms with Crippen LogP contribution in [0.1, 0.15) is 18.9 Å². The molecule has 0 saturated heterocycles. The van der Waals surface area contributed by atoms with Crippen molar-refractivity contribution in [2.45, 2.75) is 20.3 Å². The van der Waals surface area contributed by atoms with Crippen LogP contribution >= 0.6 is 0 Å². The van der Waals surface area contributed by atoms with Crippen molar-refractivity contribution < 1.29 is 14.0 Å². The van der Waals surface area contributed by atoms with E-state index in [1.165, 1.54) is 19.1 Å². The molecular formula is C11H12FNO2. The predicted octanol–water partition coefficient (Wildman–Crippen LogP) is 2.05. The summed E-state index contributed by atoms with van der Waals surface area (Å²) >= 11 is 0. The van der Waals surface area contributed by atoms with Gasteiger partial charge in [0.1, 0.15) is 11.6 Å². The largest absolute Gasteiger partial charge is 0.326 e. The maximum Gasteiger partial charge on any atom is 0.231 e. The van der Waals surface area contributed by atoms with E-state index in [4.69, 9.17) is 0 Å². The summed E-state index contributed by atoms with van der Waals surface area (Å²) in [4.78, 5) is 21.8. The summed E-state index contributed by atoms with van der Waals surface area (Å²) < 4.78 is 12.9. The van der Waals surface area contributed by atoms with Gasteiger partial charge in [0.25, 0.3) is 0 Å². The number of halogens is 1. The van der Waals surface area contributed by atoms with Crippen LogP contribution < -0.4 is 5.32 Å². The molecule has 0 atom stereocenters. The van der Waals surface area contributed by atoms with E-state index >= 15 is 0 Å². The van der Waals surface area contributed by atoms with Crippen molar-refractivity contribution in [1.82, 2.24) is 0 Å². The van der Waals surface area contributed by atoms with Gasteiger partial charge in [-0.15, -0.1) is 0 Å². The summed E-state index contributed by atoms with van der Waals surface area (Å²) in [6.45, 7) is 3.06. The fraction of sp³-hybridized carbons (Fsp3) is 0.273. The van der Waals surface area contributed by atoms with Gasteiger partial charge < -0.3 is 5.32 Å². The van der Waals surface area contributed by atoms with Crippen molar-refractivity contribution in [3.05, 3.63) is 29.6 Å². The van der Waals surface area contributed by atoms with E-state index in [1.54, 1.807) is 13.0 Å². The van der Waals surface area contributed by atoms with Crippen molar-refractivity contribution in [2.24, 2.45) is 0 Å². The van der Waals surface area contributed by atoms with Gasteiger partial charge >= 0.3 is 0 Å². The molecule has 0 aliphatic carbocycles. The average Bonchev–Trinajstić information content (AvgIpc) is 1.98. The number of rotatable bonds is 3. The molecule has 3 nitrogen and oxygen atoms in total. The van der Waals surface area contributed by atoms with Crippen LogP contribution in [0, 0.1) is 12.7 Å². The zero-order chi connectivity index (χ0) is 11.4. The SMILES string of the molecule is CC(=O)CC(=O)Nc1cc(C)cc(F)c1. The number of aryl methyl sites for hydroxylation is 1. The Morgan fingerprint density at radius 1 is 1.33 bits per heavy atom. The van der Waals surface area contributed by atoms with Gasteiger partial charge in [-0.25, -0.2) is 4.39 Å². The lowest BCUT2D eigenvalue weighted by Gasteiger charge is -2.05. The highest BCUT2D eigenvalue weighted by Gasteiger charge is 2.06. The average molecular weight is 209 g/mol. The third-order valence-corrected chi connectivity index (χ3v) is 1.74. The Labute approximate surface area is 87.3 Å². The zero-order valence-corrected chi connectivity index (χ0v) is 8.63. The number of benzene rings is 1. The standard InChI is InChI=1S/C11H12FNO2/c1-7-3-9(12)6-10(4-7)13-11(15)5-8(2)14/h3-4,6H,5H2,1-2H3,(H,13,15). The minimum atomic E-state index is -0.424. The molecule has 1 N–H and O–H groups in total. The Bertz CT molecular complexity index is 381. The lowest BCUT2D eigenvalue weighted by atomic mass is 10.2. The Hall–Kier alpha value is -1.71. The Morgan fingerprint density at radius 2 is 2.00 bits per heavy atom. The topological polar surface area (TPSA) is 46.2 Å². The second-order valence-electron chi connectivity index (χ2n) is 3.44. The molecule has 0 heterocycles. The first-order chi connectivity index (χ1) is 6.97. The van der Waals surface area contributed by atoms with Crippen LogP contribution in [0.2, 0.25) is 0 Å². The van der Waals surface area contributed by atoms with Gasteiger partial charge in [-0.3, -0.25) is 9.59 Å². The molecule has 0 fully saturated rings. The van der Waals surface area contributed by atoms with Crippen LogP contribution in [0.4, 0.5) is 10.1 Å². The van der Waals surface area contributed by atoms with E-state index in [9.17, 15) is 14.0 Å². The number of ketones is 1. The third kappa shape index (κ3) is 3.89. The molecule has 0 aliphatic heterocycles. The number of anilines is 1. The lowest BCUT2D eigenvalue weighted by Crippen LogP contribution is -2.14. The van der Waals surface area contributed by atoms with Crippen LogP contribution in [0.5, 0.6) is 0 Å². The summed E-state index contributed by atoms with van der Waals surface area (Å²) in [7, 11) is 0. The number of amides is 1. The smallest absolute Gasteiger partial charge is 0.231 e. The fourth-order valence-corrected chi connectivity index (χ4v) is 1.24. The second kappa shape index (κ2) is 4.68. The molecule has 1 aromatic rings. The van der Waals surface area contributed by atoms with Crippen molar-refractivity contribution in [3.63, 3.8) is 0 Å². The number of carbonyl (C=O) groups is 2. The van der Waals surface area contributed by atoms with Gasteiger partial charge in [-0.05, 0) is 37.6 Å². The fourth-order valence-electron chi connectivity index (χ4n) is 1.24. The minimum absolute atomic E-state index is 0.185. The van der Waals surface area contributed by atoms with Crippen molar-refractivity contribution in [2.75, 3.05) is 5.32 Å². The molecule has 4 heteroatoms. The Balaban J connectivity index is 2.72. The molecule has 0 aromatic heterocycles. The van der Waals surface area contributed by atoms with E-state index in [2.05, 4.69) is 5.32 Å². The normalized spacial score (nSPS) is 9.80. The van der Waals surface area contributed by atoms with Gasteiger partial charge in [0.2, 0.25) is 5.91 Å². The van der Waals surface area contributed by atoms with Gasteiger partial charge in [0.15, 0.2) is 0 Å². The number of carbonyl (C=O) groups excluding carboxylic acids is 2. The van der Waals surface area contributed by atoms with Crippen LogP contribution in [-0.4, -0.2) is 11.7 Å². The van der Waals surface area contributed by atoms with Crippen LogP contribution in [-0.2, 0) is 9.59 Å². The first kappa shape index (κ1) is 11.4. The summed E-state index contributed by atoms with van der Waals surface area (Å²) in [6, 6.07) is 4.22. The molecule has 1 rings (SSSR count). The molecule has 0 bridgehead atoms. The summed E-state index contributed by atoms with van der Waals surface area (Å²) in [5.74, 6) is -1.05. The molecule has 0 spiro atoms. The highest BCUT2D eigenvalue weighted by Crippen LogP contribution is 2.13. The minimum Gasteiger partial charge on any atom is -0.326 e. The summed E-state index contributed by atoms with van der Waals surface area (Å²) in [5, 5.41) is 2.46. The van der Waals surface area contributed by atoms with Crippen LogP contribution in [0.3, 0.4) is 0 Å². The summed E-state index contributed by atoms with van der Waals surface area (Å²) in [5.41, 5.74) is 1.09. The highest BCUT2D eigenvalue weighted by atomic mass is 19.1. The first-order valence-electron chi connectivity index (χ1n) is 4.54. The van der Waals surface area contributed by atoms with Crippen LogP contribution in [0.15, 0.2) is 18.2 Å². The predicted molar refractivity (Wildman–Crippen MR) is 55.1 cm³/mol. The highest BCUT2D eigenvalue weighted by molar-refractivity contribution is 6.03. The third-order valence-electron chi connectivity index (χ3n) is 1.74. The summed E-state index contributed by atoms with van der Waals surface area (Å²) in [6.07, 6.45) is -0.185. The second-order valence-corrected chi connectivity index (χ2v) is 3.44. The molecule has 1 aromatic carbocycles. The van der Waals surface area contributed by atoms with E-state index < -0.39 is 11.7 Å². The van der Waals surface area contributed by atoms with Crippen LogP contribution in [0.25, 0.3) is 0 Å². The lowest BCUT2D eigenvalue weighted by molar-refractivity contribution is -0.124. The molecule has 0 radical (unpaired) electrons. The zero-order valence-electron chi connectivity index (χ0n) is 8.63. The van der Waals surface area contributed by atoms with E-state index in [0.717, 1.165) is 0 Å². The molecule has 15 heavy (non-hydrogen) atoms. The molecule has 1 amide bonds. The number of nitrogens with one attached hydrogen (secondary N) is 1. The molecule has 0 unspecified atom stereocenters. The molecule has 0 saturated carbocycles. The van der Waals surface area contributed by atoms with Crippen molar-refractivity contribution >= 4 is 17.4 Å². The maximum atomic E-state index is 12.9. The number of hydrogen-bond acceptors (Lipinski definition) is 2. The Kier molecular flexibility index (Phi) is 3.55. The number of Topliss-reactive ketones (excluding diaryl/α,β-unsaturated/α-hetero) is 1. The molecule has 80 valence electrons. The first-order valence-corrected chi connectivity index (χ1v) is 4.54. The van der Waals surface area contributed by atoms with E-state index in [-0.39, 0.29) is 12.2 Å². The van der Waals surface area contributed by atoms with E-state index in [0.29, 0.717) is 11.3 Å². The Morgan fingerprint density at radius 3 is 2.53 bits per heavy atom. The molecule has 0 aliphatic rings. The monoisotopic (exact) mass is 209 g/mol. The van der Waals surface area contributed by atoms with Gasteiger partial charge in [-0.1, -0.05) is 0 Å². The maximum absolute atomic E-state index is 12.9. The van der Waals surface area contributed by atoms with Crippen molar-refractivity contribution in [3.8, 4) is 0 Å². The number of hydrogen-bond donors (Lipinski definition) is 1. The quantitative estimate of drug-likeness (QED) is 0.774. The van der Waals surface area contributed by atoms with Gasteiger partial charge in [0, 0.05) is 5.69 Å². The van der Waals surface area contributed by atoms with Gasteiger partial charge in [0.05, 0.1) is 6.42 Å². The van der Waals surface area contributed by atoms with Crippen molar-refractivity contribution in [1.29, 1.82) is 0 Å². The van der Waals surface area contributed by atoms with Gasteiger partial charge in [-0.2, -0.15) is 0 Å².